The van der Waals surface area contributed by atoms with Crippen molar-refractivity contribution >= 4 is 0 Å². The maximum Gasteiger partial charge on any atom is 0.108 e. The third-order valence-corrected chi connectivity index (χ3v) is 3.83. The number of rotatable bonds is 5. The highest BCUT2D eigenvalue weighted by molar-refractivity contribution is 5.13. The average Bonchev–Trinajstić information content (AvgIpc) is 2.97. The standard InChI is InChI=1S/C14H22N4/c1-3-5-13-16-8-9-18(13)12-6-7-14(10-12,11-15)17-4-2/h8-9,12,17H,3-7,10H2,1-2H3. The molecule has 1 aromatic heterocycles. The van der Waals surface area contributed by atoms with Gasteiger partial charge in [0.1, 0.15) is 11.4 Å². The zero-order valence-electron chi connectivity index (χ0n) is 11.3. The van der Waals surface area contributed by atoms with Crippen molar-refractivity contribution in [3.05, 3.63) is 18.2 Å². The van der Waals surface area contributed by atoms with Gasteiger partial charge in [0.25, 0.3) is 0 Å². The fraction of sp³-hybridized carbons (Fsp3) is 0.714. The van der Waals surface area contributed by atoms with Crippen molar-refractivity contribution in [1.29, 1.82) is 5.26 Å². The lowest BCUT2D eigenvalue weighted by atomic mass is 9.99. The summed E-state index contributed by atoms with van der Waals surface area (Å²) < 4.78 is 2.28. The highest BCUT2D eigenvalue weighted by Gasteiger charge is 2.39. The summed E-state index contributed by atoms with van der Waals surface area (Å²) in [6.07, 6.45) is 8.97. The van der Waals surface area contributed by atoms with Crippen molar-refractivity contribution in [2.75, 3.05) is 6.54 Å². The first-order valence-corrected chi connectivity index (χ1v) is 6.92. The van der Waals surface area contributed by atoms with Crippen molar-refractivity contribution in [2.45, 2.75) is 57.5 Å². The molecule has 0 aromatic carbocycles. The van der Waals surface area contributed by atoms with Crippen LogP contribution in [-0.2, 0) is 6.42 Å². The molecule has 4 nitrogen and oxygen atoms in total. The fourth-order valence-electron chi connectivity index (χ4n) is 2.99. The molecule has 0 amide bonds. The van der Waals surface area contributed by atoms with Crippen LogP contribution in [0.4, 0.5) is 0 Å². The van der Waals surface area contributed by atoms with Gasteiger partial charge < -0.3 is 4.57 Å². The van der Waals surface area contributed by atoms with Gasteiger partial charge in [-0.25, -0.2) is 4.98 Å². The number of nitrogens with one attached hydrogen (secondary N) is 1. The quantitative estimate of drug-likeness (QED) is 0.868. The summed E-state index contributed by atoms with van der Waals surface area (Å²) >= 11 is 0. The van der Waals surface area contributed by atoms with Gasteiger partial charge in [0, 0.05) is 24.9 Å². The number of aromatic nitrogens is 2. The normalized spacial score (nSPS) is 27.3. The van der Waals surface area contributed by atoms with Crippen LogP contribution in [0.2, 0.25) is 0 Å². The first-order valence-electron chi connectivity index (χ1n) is 6.92. The summed E-state index contributed by atoms with van der Waals surface area (Å²) in [7, 11) is 0. The Balaban J connectivity index is 2.12. The van der Waals surface area contributed by atoms with E-state index in [-0.39, 0.29) is 5.54 Å². The van der Waals surface area contributed by atoms with E-state index in [1.807, 2.05) is 6.20 Å². The van der Waals surface area contributed by atoms with Crippen LogP contribution in [0.25, 0.3) is 0 Å². The second kappa shape index (κ2) is 5.53. The van der Waals surface area contributed by atoms with Gasteiger partial charge in [0.15, 0.2) is 0 Å². The molecule has 0 spiro atoms. The minimum Gasteiger partial charge on any atom is -0.332 e. The second-order valence-corrected chi connectivity index (χ2v) is 5.12. The van der Waals surface area contributed by atoms with Crippen LogP contribution in [0, 0.1) is 11.3 Å². The first-order chi connectivity index (χ1) is 8.74. The smallest absolute Gasteiger partial charge is 0.108 e. The predicted octanol–water partition coefficient (Wildman–Crippen LogP) is 2.43. The maximum absolute atomic E-state index is 9.40. The Labute approximate surface area is 109 Å². The Hall–Kier alpha value is -1.34. The minimum absolute atomic E-state index is 0.326. The topological polar surface area (TPSA) is 53.6 Å². The van der Waals surface area contributed by atoms with Crippen molar-refractivity contribution in [2.24, 2.45) is 0 Å². The zero-order chi connectivity index (χ0) is 13.0. The molecule has 2 atom stereocenters. The Morgan fingerprint density at radius 2 is 2.44 bits per heavy atom. The average molecular weight is 246 g/mol. The molecule has 0 bridgehead atoms. The van der Waals surface area contributed by atoms with Gasteiger partial charge in [-0.2, -0.15) is 5.26 Å². The first kappa shape index (κ1) is 13.1. The van der Waals surface area contributed by atoms with Crippen molar-refractivity contribution in [1.82, 2.24) is 14.9 Å². The zero-order valence-corrected chi connectivity index (χ0v) is 11.3. The van der Waals surface area contributed by atoms with Gasteiger partial charge in [-0.15, -0.1) is 0 Å². The maximum atomic E-state index is 9.40. The fourth-order valence-corrected chi connectivity index (χ4v) is 2.99. The monoisotopic (exact) mass is 246 g/mol. The Morgan fingerprint density at radius 3 is 3.11 bits per heavy atom. The van der Waals surface area contributed by atoms with Crippen molar-refractivity contribution < 1.29 is 0 Å². The van der Waals surface area contributed by atoms with Gasteiger partial charge in [0.05, 0.1) is 6.07 Å². The molecule has 1 saturated carbocycles. The molecule has 2 rings (SSSR count). The van der Waals surface area contributed by atoms with Crippen molar-refractivity contribution in [3.63, 3.8) is 0 Å². The lowest BCUT2D eigenvalue weighted by Gasteiger charge is -2.22. The van der Waals surface area contributed by atoms with E-state index in [1.54, 1.807) is 0 Å². The number of imidazole rings is 1. The molecule has 1 aliphatic rings. The van der Waals surface area contributed by atoms with Gasteiger partial charge in [-0.05, 0) is 32.2 Å². The molecule has 1 N–H and O–H groups in total. The van der Waals surface area contributed by atoms with E-state index in [4.69, 9.17) is 0 Å². The number of nitrogens with zero attached hydrogens (tertiary/aromatic N) is 3. The second-order valence-electron chi connectivity index (χ2n) is 5.12. The molecule has 98 valence electrons. The summed E-state index contributed by atoms with van der Waals surface area (Å²) in [5.41, 5.74) is -0.326. The van der Waals surface area contributed by atoms with Gasteiger partial charge in [-0.1, -0.05) is 13.8 Å². The highest BCUT2D eigenvalue weighted by atomic mass is 15.1. The summed E-state index contributed by atoms with van der Waals surface area (Å²) in [4.78, 5) is 4.43. The van der Waals surface area contributed by atoms with Crippen LogP contribution < -0.4 is 5.32 Å². The number of hydrogen-bond acceptors (Lipinski definition) is 3. The summed E-state index contributed by atoms with van der Waals surface area (Å²) in [5, 5.41) is 12.8. The molecule has 4 heteroatoms. The van der Waals surface area contributed by atoms with Crippen molar-refractivity contribution in [3.8, 4) is 6.07 Å². The molecule has 1 aromatic rings. The third-order valence-electron chi connectivity index (χ3n) is 3.83. The van der Waals surface area contributed by atoms with Crippen LogP contribution in [0.5, 0.6) is 0 Å². The minimum atomic E-state index is -0.326. The van der Waals surface area contributed by atoms with E-state index in [9.17, 15) is 5.26 Å². The van der Waals surface area contributed by atoms with Crippen LogP contribution in [-0.4, -0.2) is 21.6 Å². The molecule has 1 heterocycles. The summed E-state index contributed by atoms with van der Waals surface area (Å²) in [6, 6.07) is 2.90. The molecule has 2 unspecified atom stereocenters. The van der Waals surface area contributed by atoms with Gasteiger partial charge in [0.2, 0.25) is 0 Å². The van der Waals surface area contributed by atoms with Crippen LogP contribution >= 0.6 is 0 Å². The SMILES string of the molecule is CCCc1nccn1C1CCC(C#N)(NCC)C1. The molecule has 0 radical (unpaired) electrons. The Kier molecular flexibility index (Phi) is 4.03. The summed E-state index contributed by atoms with van der Waals surface area (Å²) in [5.74, 6) is 1.16. The van der Waals surface area contributed by atoms with E-state index >= 15 is 0 Å². The molecule has 0 saturated heterocycles. The van der Waals surface area contributed by atoms with E-state index in [1.165, 1.54) is 0 Å². The van der Waals surface area contributed by atoms with Crippen LogP contribution in [0.1, 0.15) is 51.4 Å². The molecular weight excluding hydrogens is 224 g/mol. The molecule has 1 fully saturated rings. The van der Waals surface area contributed by atoms with E-state index in [0.717, 1.165) is 44.5 Å². The van der Waals surface area contributed by atoms with Gasteiger partial charge in [-0.3, -0.25) is 5.32 Å². The molecule has 18 heavy (non-hydrogen) atoms. The highest BCUT2D eigenvalue weighted by Crippen LogP contribution is 2.38. The molecule has 1 aliphatic carbocycles. The largest absolute Gasteiger partial charge is 0.332 e. The molecule has 0 aliphatic heterocycles. The van der Waals surface area contributed by atoms with E-state index in [2.05, 4.69) is 41.0 Å². The van der Waals surface area contributed by atoms with Crippen LogP contribution in [0.15, 0.2) is 12.4 Å². The van der Waals surface area contributed by atoms with Crippen LogP contribution in [0.3, 0.4) is 0 Å². The number of aryl methyl sites for hydroxylation is 1. The van der Waals surface area contributed by atoms with E-state index in [0.29, 0.717) is 6.04 Å². The lowest BCUT2D eigenvalue weighted by Crippen LogP contribution is -2.41. The van der Waals surface area contributed by atoms with Gasteiger partial charge >= 0.3 is 0 Å². The lowest BCUT2D eigenvalue weighted by molar-refractivity contribution is 0.404. The summed E-state index contributed by atoms with van der Waals surface area (Å²) in [6.45, 7) is 5.09. The third kappa shape index (κ3) is 2.41. The molecular formula is C14H22N4. The number of nitriles is 1. The van der Waals surface area contributed by atoms with E-state index < -0.39 is 0 Å². The number of hydrogen-bond donors (Lipinski definition) is 1. The Morgan fingerprint density at radius 1 is 1.61 bits per heavy atom. The Bertz CT molecular complexity index is 431. The predicted molar refractivity (Wildman–Crippen MR) is 71.1 cm³/mol.